The molecule has 9 heteroatoms. The molecule has 194 valence electrons. The third-order valence-corrected chi connectivity index (χ3v) is 7.45. The lowest BCUT2D eigenvalue weighted by Crippen LogP contribution is -2.40. The number of carbonyl (C=O) groups is 1. The molecule has 1 aliphatic rings. The molecule has 0 spiro atoms. The highest BCUT2D eigenvalue weighted by Gasteiger charge is 2.34. The molecule has 4 aromatic rings. The molecule has 1 aliphatic heterocycles. The van der Waals surface area contributed by atoms with E-state index in [1.165, 1.54) is 30.1 Å². The minimum Gasteiger partial charge on any atom is -0.507 e. The summed E-state index contributed by atoms with van der Waals surface area (Å²) in [6.45, 7) is 3.64. The lowest BCUT2D eigenvalue weighted by Gasteiger charge is -2.25. The van der Waals surface area contributed by atoms with Gasteiger partial charge in [0.2, 0.25) is 0 Å². The number of fused-ring (bicyclic) bond motifs is 2. The van der Waals surface area contributed by atoms with Crippen LogP contribution in [0.3, 0.4) is 0 Å². The van der Waals surface area contributed by atoms with Gasteiger partial charge in [-0.1, -0.05) is 47.7 Å². The van der Waals surface area contributed by atoms with Crippen molar-refractivity contribution in [2.75, 3.05) is 20.8 Å². The highest BCUT2D eigenvalue weighted by atomic mass is 32.1. The molecule has 8 nitrogen and oxygen atoms in total. The van der Waals surface area contributed by atoms with Crippen molar-refractivity contribution in [1.29, 1.82) is 0 Å². The molecule has 0 bridgehead atoms. The molecule has 0 amide bonds. The summed E-state index contributed by atoms with van der Waals surface area (Å²) in [5.41, 5.74) is 1.57. The molecular weight excluding hydrogens is 504 g/mol. The van der Waals surface area contributed by atoms with Crippen molar-refractivity contribution in [2.24, 2.45) is 4.99 Å². The van der Waals surface area contributed by atoms with Crippen molar-refractivity contribution in [3.63, 3.8) is 0 Å². The first kappa shape index (κ1) is 25.3. The van der Waals surface area contributed by atoms with Crippen molar-refractivity contribution in [3.8, 4) is 17.2 Å². The van der Waals surface area contributed by atoms with Crippen molar-refractivity contribution in [2.45, 2.75) is 19.9 Å². The maximum atomic E-state index is 13.9. The van der Waals surface area contributed by atoms with Gasteiger partial charge < -0.3 is 19.3 Å². The Morgan fingerprint density at radius 1 is 1.11 bits per heavy atom. The Labute approximate surface area is 222 Å². The van der Waals surface area contributed by atoms with E-state index in [2.05, 4.69) is 4.99 Å². The van der Waals surface area contributed by atoms with Crippen LogP contribution in [-0.2, 0) is 9.53 Å². The zero-order chi connectivity index (χ0) is 27.0. The van der Waals surface area contributed by atoms with Gasteiger partial charge in [-0.2, -0.15) is 0 Å². The summed E-state index contributed by atoms with van der Waals surface area (Å²) < 4.78 is 18.1. The molecule has 0 unspecified atom stereocenters. The van der Waals surface area contributed by atoms with Crippen LogP contribution in [0, 0.1) is 0 Å². The molecule has 5 rings (SSSR count). The number of hydrogen-bond acceptors (Lipinski definition) is 8. The fraction of sp³-hybridized carbons (Fsp3) is 0.207. The van der Waals surface area contributed by atoms with Crippen LogP contribution in [0.2, 0.25) is 0 Å². The monoisotopic (exact) mass is 530 g/mol. The molecule has 0 saturated carbocycles. The number of methoxy groups -OCH3 is 2. The fourth-order valence-corrected chi connectivity index (χ4v) is 5.73. The van der Waals surface area contributed by atoms with Crippen LogP contribution < -0.4 is 24.4 Å². The highest BCUT2D eigenvalue weighted by molar-refractivity contribution is 7.07. The first-order valence-electron chi connectivity index (χ1n) is 12.0. The van der Waals surface area contributed by atoms with Crippen LogP contribution in [0.15, 0.2) is 75.7 Å². The molecule has 38 heavy (non-hydrogen) atoms. The zero-order valence-corrected chi connectivity index (χ0v) is 22.2. The van der Waals surface area contributed by atoms with Crippen molar-refractivity contribution in [1.82, 2.24) is 4.57 Å². The van der Waals surface area contributed by atoms with Gasteiger partial charge in [-0.3, -0.25) is 9.36 Å². The number of phenols is 1. The van der Waals surface area contributed by atoms with Gasteiger partial charge >= 0.3 is 5.97 Å². The predicted molar refractivity (Wildman–Crippen MR) is 146 cm³/mol. The number of nitrogens with zero attached hydrogens (tertiary/aromatic N) is 2. The lowest BCUT2D eigenvalue weighted by atomic mass is 9.95. The third kappa shape index (κ3) is 4.24. The molecule has 0 fully saturated rings. The second-order valence-electron chi connectivity index (χ2n) is 8.64. The lowest BCUT2D eigenvalue weighted by molar-refractivity contribution is -0.139. The van der Waals surface area contributed by atoms with Gasteiger partial charge in [0.15, 0.2) is 16.3 Å². The molecule has 0 radical (unpaired) electrons. The average Bonchev–Trinajstić information content (AvgIpc) is 3.23. The van der Waals surface area contributed by atoms with Crippen LogP contribution in [0.5, 0.6) is 17.2 Å². The van der Waals surface area contributed by atoms with E-state index in [-0.39, 0.29) is 23.5 Å². The number of aromatic hydroxyl groups is 1. The molecule has 1 atom stereocenters. The van der Waals surface area contributed by atoms with Gasteiger partial charge in [-0.05, 0) is 54.5 Å². The average molecular weight is 531 g/mol. The second kappa shape index (κ2) is 10.2. The summed E-state index contributed by atoms with van der Waals surface area (Å²) in [5, 5.41) is 12.4. The first-order valence-corrected chi connectivity index (χ1v) is 12.8. The SMILES string of the molecule is CCOC(=O)C1=C(C)N=c2s/c(=C\c3c(O)ccc4ccccc34)c(=O)n2[C@@H]1c1ccc(OC)c(OC)c1. The molecular formula is C29H26N2O6S. The smallest absolute Gasteiger partial charge is 0.338 e. The molecule has 1 aromatic heterocycles. The van der Waals surface area contributed by atoms with Gasteiger partial charge in [0.1, 0.15) is 5.75 Å². The minimum absolute atomic E-state index is 0.0642. The zero-order valence-electron chi connectivity index (χ0n) is 21.3. The van der Waals surface area contributed by atoms with E-state index in [1.807, 2.05) is 30.3 Å². The van der Waals surface area contributed by atoms with Crippen LogP contribution in [0.25, 0.3) is 16.8 Å². The van der Waals surface area contributed by atoms with E-state index in [0.29, 0.717) is 37.7 Å². The largest absolute Gasteiger partial charge is 0.507 e. The number of thiazole rings is 1. The van der Waals surface area contributed by atoms with E-state index >= 15 is 0 Å². The van der Waals surface area contributed by atoms with Crippen molar-refractivity contribution in [3.05, 3.63) is 96.7 Å². The second-order valence-corrected chi connectivity index (χ2v) is 9.65. The number of carbonyl (C=O) groups excluding carboxylic acids is 1. The summed E-state index contributed by atoms with van der Waals surface area (Å²) >= 11 is 1.20. The molecule has 3 aromatic carbocycles. The highest BCUT2D eigenvalue weighted by Crippen LogP contribution is 2.36. The van der Waals surface area contributed by atoms with Crippen LogP contribution in [0.4, 0.5) is 0 Å². The summed E-state index contributed by atoms with van der Waals surface area (Å²) in [6.07, 6.45) is 1.68. The van der Waals surface area contributed by atoms with Gasteiger partial charge in [0, 0.05) is 5.56 Å². The van der Waals surface area contributed by atoms with Gasteiger partial charge in [-0.25, -0.2) is 9.79 Å². The van der Waals surface area contributed by atoms with Gasteiger partial charge in [-0.15, -0.1) is 0 Å². The quantitative estimate of drug-likeness (QED) is 0.382. The number of benzene rings is 3. The minimum atomic E-state index is -0.798. The molecule has 0 aliphatic carbocycles. The standard InChI is InChI=1S/C29H26N2O6S/c1-5-37-28(34)25-16(2)30-29-31(26(25)18-11-13-22(35-3)23(14-18)36-4)27(33)24(38-29)15-20-19-9-7-6-8-17(19)10-12-21(20)32/h6-15,26,32H,5H2,1-4H3/b24-15-/t26-/m1/s1. The van der Waals surface area contributed by atoms with E-state index in [0.717, 1.165) is 10.8 Å². The topological polar surface area (TPSA) is 99.4 Å². The van der Waals surface area contributed by atoms with Crippen molar-refractivity contribution < 1.29 is 24.1 Å². The third-order valence-electron chi connectivity index (χ3n) is 6.46. The number of allylic oxidation sites excluding steroid dienone is 1. The number of ether oxygens (including phenoxy) is 3. The van der Waals surface area contributed by atoms with E-state index in [4.69, 9.17) is 14.2 Å². The Bertz CT molecular complexity index is 1780. The molecule has 1 N–H and O–H groups in total. The van der Waals surface area contributed by atoms with Gasteiger partial charge in [0.05, 0.1) is 42.7 Å². The molecule has 2 heterocycles. The van der Waals surface area contributed by atoms with Crippen LogP contribution in [0.1, 0.15) is 31.0 Å². The summed E-state index contributed by atoms with van der Waals surface area (Å²) in [6, 6.07) is 15.5. The van der Waals surface area contributed by atoms with Crippen LogP contribution >= 0.6 is 11.3 Å². The Morgan fingerprint density at radius 3 is 2.61 bits per heavy atom. The fourth-order valence-electron chi connectivity index (χ4n) is 4.70. The van der Waals surface area contributed by atoms with E-state index < -0.39 is 12.0 Å². The van der Waals surface area contributed by atoms with E-state index in [9.17, 15) is 14.7 Å². The van der Waals surface area contributed by atoms with Crippen LogP contribution in [-0.4, -0.2) is 36.5 Å². The number of aromatic nitrogens is 1. The summed E-state index contributed by atoms with van der Waals surface area (Å²) in [4.78, 5) is 32.1. The number of rotatable bonds is 6. The summed E-state index contributed by atoms with van der Waals surface area (Å²) in [7, 11) is 3.06. The Hall–Kier alpha value is -4.37. The Morgan fingerprint density at radius 2 is 1.87 bits per heavy atom. The predicted octanol–water partition coefficient (Wildman–Crippen LogP) is 3.67. The first-order chi connectivity index (χ1) is 18.4. The number of esters is 1. The maximum absolute atomic E-state index is 13.9. The van der Waals surface area contributed by atoms with Crippen molar-refractivity contribution >= 4 is 34.2 Å². The normalized spacial score (nSPS) is 15.3. The number of phenolic OH excluding ortho intramolecular Hbond substituents is 1. The summed E-state index contributed by atoms with van der Waals surface area (Å²) in [5.74, 6) is 0.503. The van der Waals surface area contributed by atoms with E-state index in [1.54, 1.807) is 44.2 Å². The Kier molecular flexibility index (Phi) is 6.77. The maximum Gasteiger partial charge on any atom is 0.338 e. The Balaban J connectivity index is 1.78. The van der Waals surface area contributed by atoms with Gasteiger partial charge in [0.25, 0.3) is 5.56 Å². The molecule has 0 saturated heterocycles. The number of hydrogen-bond donors (Lipinski definition) is 1.